The molecule has 0 N–H and O–H groups in total. The molecule has 0 aromatic heterocycles. The number of carbonyl (C=O) groups is 1. The van der Waals surface area contributed by atoms with Gasteiger partial charge in [0.15, 0.2) is 0 Å². The zero-order valence-corrected chi connectivity index (χ0v) is 8.13. The standard InChI is InChI=1S/C9H18O3/c1-8(2)12-7-5-9(10)4-6-11-3/h8H,4-7H2,1-3H3. The third-order valence-corrected chi connectivity index (χ3v) is 1.42. The first-order valence-electron chi connectivity index (χ1n) is 4.29. The molecule has 0 aliphatic rings. The first kappa shape index (κ1) is 11.6. The first-order chi connectivity index (χ1) is 5.66. The lowest BCUT2D eigenvalue weighted by atomic mass is 10.2. The molecule has 0 saturated heterocycles. The second-order valence-corrected chi connectivity index (χ2v) is 2.95. The quantitative estimate of drug-likeness (QED) is 0.585. The van der Waals surface area contributed by atoms with E-state index in [0.29, 0.717) is 26.1 Å². The van der Waals surface area contributed by atoms with Crippen molar-refractivity contribution < 1.29 is 14.3 Å². The van der Waals surface area contributed by atoms with E-state index in [4.69, 9.17) is 9.47 Å². The van der Waals surface area contributed by atoms with Crippen LogP contribution in [-0.4, -0.2) is 32.2 Å². The Labute approximate surface area is 74.0 Å². The molecular weight excluding hydrogens is 156 g/mol. The number of carbonyl (C=O) groups excluding carboxylic acids is 1. The predicted molar refractivity (Wildman–Crippen MR) is 47.2 cm³/mol. The number of Topliss-reactive ketones (excluding diaryl/α,β-unsaturated/α-hetero) is 1. The van der Waals surface area contributed by atoms with Crippen molar-refractivity contribution in [3.8, 4) is 0 Å². The lowest BCUT2D eigenvalue weighted by molar-refractivity contribution is -0.121. The highest BCUT2D eigenvalue weighted by atomic mass is 16.5. The lowest BCUT2D eigenvalue weighted by Gasteiger charge is -2.05. The molecule has 0 heterocycles. The predicted octanol–water partition coefficient (Wildman–Crippen LogP) is 1.41. The topological polar surface area (TPSA) is 35.5 Å². The summed E-state index contributed by atoms with van der Waals surface area (Å²) >= 11 is 0. The van der Waals surface area contributed by atoms with Crippen molar-refractivity contribution in [1.82, 2.24) is 0 Å². The molecule has 0 fully saturated rings. The van der Waals surface area contributed by atoms with Gasteiger partial charge >= 0.3 is 0 Å². The average molecular weight is 174 g/mol. The van der Waals surface area contributed by atoms with E-state index in [0.717, 1.165) is 0 Å². The van der Waals surface area contributed by atoms with Gasteiger partial charge in [0.2, 0.25) is 0 Å². The Bertz CT molecular complexity index is 121. The van der Waals surface area contributed by atoms with Gasteiger partial charge in [-0.1, -0.05) is 0 Å². The maximum absolute atomic E-state index is 11.0. The fourth-order valence-corrected chi connectivity index (χ4v) is 0.749. The van der Waals surface area contributed by atoms with E-state index in [1.807, 2.05) is 13.8 Å². The summed E-state index contributed by atoms with van der Waals surface area (Å²) in [5.41, 5.74) is 0. The van der Waals surface area contributed by atoms with Crippen molar-refractivity contribution in [1.29, 1.82) is 0 Å². The van der Waals surface area contributed by atoms with Crippen LogP contribution in [0.2, 0.25) is 0 Å². The molecule has 0 bridgehead atoms. The maximum Gasteiger partial charge on any atom is 0.137 e. The van der Waals surface area contributed by atoms with E-state index in [1.54, 1.807) is 7.11 Å². The third kappa shape index (κ3) is 7.69. The smallest absolute Gasteiger partial charge is 0.137 e. The Balaban J connectivity index is 3.20. The fourth-order valence-electron chi connectivity index (χ4n) is 0.749. The van der Waals surface area contributed by atoms with E-state index in [-0.39, 0.29) is 11.9 Å². The van der Waals surface area contributed by atoms with Crippen molar-refractivity contribution in [2.24, 2.45) is 0 Å². The van der Waals surface area contributed by atoms with Gasteiger partial charge < -0.3 is 9.47 Å². The van der Waals surface area contributed by atoms with Crippen LogP contribution in [0.15, 0.2) is 0 Å². The van der Waals surface area contributed by atoms with Crippen LogP contribution in [0.25, 0.3) is 0 Å². The highest BCUT2D eigenvalue weighted by Gasteiger charge is 2.01. The molecule has 72 valence electrons. The zero-order chi connectivity index (χ0) is 9.40. The Kier molecular flexibility index (Phi) is 7.00. The van der Waals surface area contributed by atoms with Crippen LogP contribution in [0.1, 0.15) is 26.7 Å². The number of hydrogen-bond donors (Lipinski definition) is 0. The van der Waals surface area contributed by atoms with Crippen molar-refractivity contribution >= 4 is 5.78 Å². The highest BCUT2D eigenvalue weighted by molar-refractivity contribution is 5.78. The van der Waals surface area contributed by atoms with Crippen LogP contribution < -0.4 is 0 Å². The van der Waals surface area contributed by atoms with Crippen molar-refractivity contribution in [2.45, 2.75) is 32.8 Å². The summed E-state index contributed by atoms with van der Waals surface area (Å²) in [5, 5.41) is 0. The number of ketones is 1. The molecule has 0 rings (SSSR count). The van der Waals surface area contributed by atoms with Gasteiger partial charge in [0, 0.05) is 20.0 Å². The normalized spacial score (nSPS) is 10.7. The molecule has 0 aromatic rings. The molecule has 0 atom stereocenters. The highest BCUT2D eigenvalue weighted by Crippen LogP contribution is 1.94. The molecule has 3 nitrogen and oxygen atoms in total. The van der Waals surface area contributed by atoms with Gasteiger partial charge in [-0.25, -0.2) is 0 Å². The second-order valence-electron chi connectivity index (χ2n) is 2.95. The van der Waals surface area contributed by atoms with Crippen LogP contribution in [0.4, 0.5) is 0 Å². The van der Waals surface area contributed by atoms with Crippen molar-refractivity contribution in [3.05, 3.63) is 0 Å². The molecule has 0 aliphatic carbocycles. The number of ether oxygens (including phenoxy) is 2. The van der Waals surface area contributed by atoms with Crippen LogP contribution in [0, 0.1) is 0 Å². The summed E-state index contributed by atoms with van der Waals surface area (Å²) in [6.07, 6.45) is 1.21. The molecule has 12 heavy (non-hydrogen) atoms. The largest absolute Gasteiger partial charge is 0.384 e. The molecule has 0 unspecified atom stereocenters. The summed E-state index contributed by atoms with van der Waals surface area (Å²) in [5.74, 6) is 0.206. The van der Waals surface area contributed by atoms with E-state index in [1.165, 1.54) is 0 Å². The van der Waals surface area contributed by atoms with Crippen molar-refractivity contribution in [2.75, 3.05) is 20.3 Å². The fraction of sp³-hybridized carbons (Fsp3) is 0.889. The summed E-state index contributed by atoms with van der Waals surface area (Å²) in [4.78, 5) is 11.0. The zero-order valence-electron chi connectivity index (χ0n) is 8.13. The Morgan fingerprint density at radius 2 is 1.83 bits per heavy atom. The van der Waals surface area contributed by atoms with Crippen LogP contribution >= 0.6 is 0 Å². The molecule has 0 spiro atoms. The van der Waals surface area contributed by atoms with Gasteiger partial charge in [-0.05, 0) is 13.8 Å². The number of hydrogen-bond acceptors (Lipinski definition) is 3. The van der Waals surface area contributed by atoms with Gasteiger partial charge in [0.05, 0.1) is 19.3 Å². The minimum atomic E-state index is 0.206. The number of rotatable bonds is 7. The van der Waals surface area contributed by atoms with Crippen molar-refractivity contribution in [3.63, 3.8) is 0 Å². The van der Waals surface area contributed by atoms with Crippen LogP contribution in [0.5, 0.6) is 0 Å². The Morgan fingerprint density at radius 1 is 1.25 bits per heavy atom. The average Bonchev–Trinajstić information content (AvgIpc) is 2.00. The van der Waals surface area contributed by atoms with Gasteiger partial charge in [-0.15, -0.1) is 0 Å². The molecule has 3 heteroatoms. The van der Waals surface area contributed by atoms with Crippen LogP contribution in [0.3, 0.4) is 0 Å². The second kappa shape index (κ2) is 7.25. The molecule has 0 saturated carbocycles. The van der Waals surface area contributed by atoms with E-state index >= 15 is 0 Å². The van der Waals surface area contributed by atoms with E-state index in [2.05, 4.69) is 0 Å². The van der Waals surface area contributed by atoms with Crippen LogP contribution in [-0.2, 0) is 14.3 Å². The first-order valence-corrected chi connectivity index (χ1v) is 4.29. The molecule has 0 radical (unpaired) electrons. The Morgan fingerprint density at radius 3 is 2.33 bits per heavy atom. The van der Waals surface area contributed by atoms with Gasteiger partial charge in [-0.2, -0.15) is 0 Å². The van der Waals surface area contributed by atoms with Gasteiger partial charge in [-0.3, -0.25) is 4.79 Å². The summed E-state index contributed by atoms with van der Waals surface area (Å²) in [7, 11) is 1.60. The lowest BCUT2D eigenvalue weighted by Crippen LogP contribution is -2.10. The van der Waals surface area contributed by atoms with E-state index < -0.39 is 0 Å². The Hall–Kier alpha value is -0.410. The maximum atomic E-state index is 11.0. The molecule has 0 amide bonds. The molecular formula is C9H18O3. The summed E-state index contributed by atoms with van der Waals surface area (Å²) in [6, 6.07) is 0. The van der Waals surface area contributed by atoms with Gasteiger partial charge in [0.25, 0.3) is 0 Å². The molecule has 0 aliphatic heterocycles. The minimum absolute atomic E-state index is 0.206. The summed E-state index contributed by atoms with van der Waals surface area (Å²) < 4.78 is 10.0. The molecule has 0 aromatic carbocycles. The van der Waals surface area contributed by atoms with Gasteiger partial charge in [0.1, 0.15) is 5.78 Å². The third-order valence-electron chi connectivity index (χ3n) is 1.42. The SMILES string of the molecule is COCCC(=O)CCOC(C)C. The minimum Gasteiger partial charge on any atom is -0.384 e. The van der Waals surface area contributed by atoms with E-state index in [9.17, 15) is 4.79 Å². The monoisotopic (exact) mass is 174 g/mol. The summed E-state index contributed by atoms with van der Waals surface area (Å²) in [6.45, 7) is 4.96. The number of methoxy groups -OCH3 is 1.